The van der Waals surface area contributed by atoms with Crippen molar-refractivity contribution in [2.24, 2.45) is 5.92 Å². The number of halogens is 2. The molecule has 0 spiro atoms. The second-order valence-corrected chi connectivity index (χ2v) is 12.7. The van der Waals surface area contributed by atoms with Crippen LogP contribution in [0, 0.1) is 11.7 Å². The van der Waals surface area contributed by atoms with Gasteiger partial charge in [-0.25, -0.2) is 19.3 Å². The monoisotopic (exact) mass is 651 g/mol. The molecule has 5 rings (SSSR count). The summed E-state index contributed by atoms with van der Waals surface area (Å²) in [6, 6.07) is 17.6. The summed E-state index contributed by atoms with van der Waals surface area (Å²) in [5, 5.41) is 10.9. The van der Waals surface area contributed by atoms with Crippen LogP contribution in [0.5, 0.6) is 5.75 Å². The van der Waals surface area contributed by atoms with Crippen LogP contribution >= 0.6 is 22.9 Å². The third-order valence-electron chi connectivity index (χ3n) is 6.86. The van der Waals surface area contributed by atoms with Gasteiger partial charge in [0.1, 0.15) is 30.3 Å². The van der Waals surface area contributed by atoms with Crippen LogP contribution in [-0.4, -0.2) is 41.3 Å². The summed E-state index contributed by atoms with van der Waals surface area (Å²) in [7, 11) is -2.17. The largest absolute Gasteiger partial charge is 0.487 e. The number of aryl methyl sites for hydroxylation is 1. The Morgan fingerprint density at radius 1 is 1.09 bits per heavy atom. The van der Waals surface area contributed by atoms with Gasteiger partial charge in [0.2, 0.25) is 10.3 Å². The van der Waals surface area contributed by atoms with E-state index in [1.807, 2.05) is 43.5 Å². The zero-order valence-corrected chi connectivity index (χ0v) is 26.6. The van der Waals surface area contributed by atoms with Gasteiger partial charge in [-0.1, -0.05) is 43.6 Å². The molecule has 0 aliphatic rings. The van der Waals surface area contributed by atoms with Crippen molar-refractivity contribution < 1.29 is 17.5 Å². The Kier molecular flexibility index (Phi) is 10.5. The van der Waals surface area contributed by atoms with Gasteiger partial charge in [-0.05, 0) is 66.9 Å². The summed E-state index contributed by atoms with van der Waals surface area (Å²) < 4.78 is 41.9. The van der Waals surface area contributed by atoms with Crippen molar-refractivity contribution >= 4 is 60.5 Å². The minimum Gasteiger partial charge on any atom is -0.487 e. The van der Waals surface area contributed by atoms with Crippen molar-refractivity contribution in [1.82, 2.24) is 20.3 Å². The second-order valence-electron chi connectivity index (χ2n) is 10.4. The maximum absolute atomic E-state index is 13.5. The van der Waals surface area contributed by atoms with Crippen molar-refractivity contribution in [3.05, 3.63) is 93.8 Å². The predicted octanol–water partition coefficient (Wildman–Crippen LogP) is 7.10. The molecular weight excluding hydrogens is 621 g/mol. The number of nitrogens with one attached hydrogen (secondary N) is 2. The van der Waals surface area contributed by atoms with Gasteiger partial charge >= 0.3 is 0 Å². The third kappa shape index (κ3) is 8.17. The van der Waals surface area contributed by atoms with Crippen LogP contribution in [0.15, 0.2) is 72.4 Å². The first kappa shape index (κ1) is 31.5. The first-order chi connectivity index (χ1) is 21.3. The molecule has 12 heteroatoms. The topological polar surface area (TPSA) is 106 Å². The molecular formula is C32H31ClFN5O3S2. The van der Waals surface area contributed by atoms with E-state index in [1.165, 1.54) is 18.5 Å². The van der Waals surface area contributed by atoms with Gasteiger partial charge in [-0.2, -0.15) is 8.42 Å². The van der Waals surface area contributed by atoms with E-state index in [4.69, 9.17) is 21.3 Å². The molecule has 0 saturated heterocycles. The number of anilines is 2. The van der Waals surface area contributed by atoms with E-state index in [9.17, 15) is 12.8 Å². The molecule has 0 atom stereocenters. The van der Waals surface area contributed by atoms with Crippen LogP contribution in [0.3, 0.4) is 0 Å². The lowest BCUT2D eigenvalue weighted by Gasteiger charge is -2.12. The minimum absolute atomic E-state index is 0.0114. The summed E-state index contributed by atoms with van der Waals surface area (Å²) in [6.07, 6.45) is 3.15. The molecule has 5 aromatic rings. The SMILES string of the molecule is CC(C)C(CNCCCc1nc(-c2ccc3ncnc(Nc4ccc(OCc5cccc(F)c5)c(Cl)c4)c3c2)cs1)=S(=O)=O. The first-order valence-corrected chi connectivity index (χ1v) is 16.4. The molecule has 228 valence electrons. The fourth-order valence-corrected chi connectivity index (χ4v) is 6.22. The molecule has 0 amide bonds. The average Bonchev–Trinajstić information content (AvgIpc) is 3.47. The van der Waals surface area contributed by atoms with Gasteiger partial charge in [0, 0.05) is 35.0 Å². The highest BCUT2D eigenvalue weighted by Gasteiger charge is 2.12. The molecule has 0 unspecified atom stereocenters. The van der Waals surface area contributed by atoms with Gasteiger partial charge < -0.3 is 15.4 Å². The average molecular weight is 652 g/mol. The lowest BCUT2D eigenvalue weighted by molar-refractivity contribution is 0.306. The van der Waals surface area contributed by atoms with E-state index < -0.39 is 10.3 Å². The second kappa shape index (κ2) is 14.7. The van der Waals surface area contributed by atoms with Crippen molar-refractivity contribution in [2.45, 2.75) is 33.3 Å². The Labute approximate surface area is 265 Å². The van der Waals surface area contributed by atoms with Crippen molar-refractivity contribution in [1.29, 1.82) is 0 Å². The fourth-order valence-electron chi connectivity index (χ4n) is 4.53. The van der Waals surface area contributed by atoms with Crippen LogP contribution in [0.4, 0.5) is 15.9 Å². The molecule has 2 aromatic heterocycles. The van der Waals surface area contributed by atoms with Crippen LogP contribution in [-0.2, 0) is 23.3 Å². The number of fused-ring (bicyclic) bond motifs is 1. The summed E-state index contributed by atoms with van der Waals surface area (Å²) in [6.45, 7) is 5.03. The van der Waals surface area contributed by atoms with E-state index in [1.54, 1.807) is 35.6 Å². The quantitative estimate of drug-likeness (QED) is 0.103. The number of hydrogen-bond acceptors (Lipinski definition) is 9. The summed E-state index contributed by atoms with van der Waals surface area (Å²) in [5.74, 6) is 0.788. The molecule has 0 radical (unpaired) electrons. The van der Waals surface area contributed by atoms with E-state index in [0.29, 0.717) is 40.1 Å². The maximum Gasteiger partial charge on any atom is 0.214 e. The van der Waals surface area contributed by atoms with Crippen molar-refractivity contribution in [3.8, 4) is 17.0 Å². The molecule has 0 aliphatic heterocycles. The lowest BCUT2D eigenvalue weighted by Crippen LogP contribution is -2.28. The zero-order valence-electron chi connectivity index (χ0n) is 24.2. The molecule has 44 heavy (non-hydrogen) atoms. The van der Waals surface area contributed by atoms with E-state index in [-0.39, 0.29) is 18.3 Å². The van der Waals surface area contributed by atoms with E-state index in [2.05, 4.69) is 20.6 Å². The number of aromatic nitrogens is 3. The van der Waals surface area contributed by atoms with Crippen molar-refractivity contribution in [2.75, 3.05) is 18.4 Å². The Hall–Kier alpha value is -3.90. The maximum atomic E-state index is 13.5. The Morgan fingerprint density at radius 2 is 1.95 bits per heavy atom. The predicted molar refractivity (Wildman–Crippen MR) is 176 cm³/mol. The zero-order chi connectivity index (χ0) is 31.1. The fraction of sp³-hybridized carbons (Fsp3) is 0.250. The van der Waals surface area contributed by atoms with Gasteiger partial charge in [0.25, 0.3) is 0 Å². The standard InChI is InChI=1S/C32H31ClFN5O3S2/c1-20(2)30(44(40)41)16-35-12-4-7-31-39-28(18-43-31)22-8-10-27-25(14-22)32(37-19-36-27)38-24-9-11-29(26(33)15-24)42-17-21-5-3-6-23(34)13-21/h3,5-6,8-11,13-15,18-20,35H,4,7,12,16-17H2,1-2H3,(H,36,37,38). The number of thiazole rings is 1. The van der Waals surface area contributed by atoms with E-state index in [0.717, 1.165) is 45.7 Å². The molecule has 8 nitrogen and oxygen atoms in total. The summed E-state index contributed by atoms with van der Waals surface area (Å²) in [4.78, 5) is 14.2. The molecule has 0 fully saturated rings. The highest BCUT2D eigenvalue weighted by molar-refractivity contribution is 7.73. The summed E-state index contributed by atoms with van der Waals surface area (Å²) >= 11 is 8.10. The van der Waals surface area contributed by atoms with Gasteiger partial charge in [0.05, 0.1) is 26.1 Å². The van der Waals surface area contributed by atoms with E-state index >= 15 is 0 Å². The van der Waals surface area contributed by atoms with Crippen LogP contribution in [0.1, 0.15) is 30.8 Å². The number of nitrogens with zero attached hydrogens (tertiary/aromatic N) is 3. The summed E-state index contributed by atoms with van der Waals surface area (Å²) in [5.41, 5.74) is 4.04. The van der Waals surface area contributed by atoms with Crippen LogP contribution in [0.25, 0.3) is 22.2 Å². The van der Waals surface area contributed by atoms with Crippen molar-refractivity contribution in [3.63, 3.8) is 0 Å². The van der Waals surface area contributed by atoms with Crippen LogP contribution < -0.4 is 15.4 Å². The first-order valence-electron chi connectivity index (χ1n) is 14.1. The molecule has 0 aliphatic carbocycles. The van der Waals surface area contributed by atoms with Gasteiger partial charge in [-0.3, -0.25) is 0 Å². The molecule has 2 heterocycles. The number of hydrogen-bond donors (Lipinski definition) is 2. The lowest BCUT2D eigenvalue weighted by atomic mass is 10.1. The normalized spacial score (nSPS) is 11.2. The van der Waals surface area contributed by atoms with Gasteiger partial charge in [-0.15, -0.1) is 11.3 Å². The molecule has 0 saturated carbocycles. The number of benzene rings is 3. The Morgan fingerprint density at radius 3 is 2.73 bits per heavy atom. The third-order valence-corrected chi connectivity index (χ3v) is 9.11. The molecule has 2 N–H and O–H groups in total. The highest BCUT2D eigenvalue weighted by Crippen LogP contribution is 2.32. The van der Waals surface area contributed by atoms with Gasteiger partial charge in [0.15, 0.2) is 0 Å². The Bertz CT molecular complexity index is 1910. The highest BCUT2D eigenvalue weighted by atomic mass is 35.5. The number of rotatable bonds is 13. The minimum atomic E-state index is -2.17. The number of ether oxygens (including phenoxy) is 1. The molecule has 0 bridgehead atoms. The smallest absolute Gasteiger partial charge is 0.214 e. The molecule has 3 aromatic carbocycles. The van der Waals surface area contributed by atoms with Crippen LogP contribution in [0.2, 0.25) is 5.02 Å². The Balaban J connectivity index is 1.23.